The molecule has 0 radical (unpaired) electrons. The minimum absolute atomic E-state index is 0.0855. The molecular formula is C23H17NO. The molecule has 0 unspecified atom stereocenters. The zero-order valence-corrected chi connectivity index (χ0v) is 13.7. The highest BCUT2D eigenvalue weighted by atomic mass is 16.1. The number of hydrogen-bond donors (Lipinski definition) is 0. The van der Waals surface area contributed by atoms with Gasteiger partial charge < -0.3 is 0 Å². The van der Waals surface area contributed by atoms with Crippen molar-refractivity contribution in [2.75, 3.05) is 0 Å². The van der Waals surface area contributed by atoms with E-state index >= 15 is 0 Å². The summed E-state index contributed by atoms with van der Waals surface area (Å²) in [5.74, 6) is 0.0855. The minimum Gasteiger partial charge on any atom is -0.294 e. The first-order valence-corrected chi connectivity index (χ1v) is 8.33. The summed E-state index contributed by atoms with van der Waals surface area (Å²) in [6.45, 7) is 0. The number of pyridine rings is 1. The predicted octanol–water partition coefficient (Wildman–Crippen LogP) is 5.33. The van der Waals surface area contributed by atoms with Crippen molar-refractivity contribution in [3.63, 3.8) is 0 Å². The van der Waals surface area contributed by atoms with Crippen LogP contribution in [0.5, 0.6) is 0 Å². The van der Waals surface area contributed by atoms with Gasteiger partial charge in [0.2, 0.25) is 0 Å². The van der Waals surface area contributed by atoms with E-state index in [1.54, 1.807) is 0 Å². The first-order valence-electron chi connectivity index (χ1n) is 8.33. The van der Waals surface area contributed by atoms with Crippen molar-refractivity contribution in [3.8, 4) is 11.1 Å². The van der Waals surface area contributed by atoms with Gasteiger partial charge in [-0.2, -0.15) is 0 Å². The van der Waals surface area contributed by atoms with E-state index in [-0.39, 0.29) is 5.78 Å². The normalized spacial score (nSPS) is 10.7. The third-order valence-electron chi connectivity index (χ3n) is 4.29. The number of fused-ring (bicyclic) bond motifs is 1. The predicted molar refractivity (Wildman–Crippen MR) is 102 cm³/mol. The molecule has 25 heavy (non-hydrogen) atoms. The van der Waals surface area contributed by atoms with Gasteiger partial charge in [0.15, 0.2) is 5.78 Å². The van der Waals surface area contributed by atoms with E-state index in [1.807, 2.05) is 72.8 Å². The highest BCUT2D eigenvalue weighted by Crippen LogP contribution is 2.28. The Balaban J connectivity index is 1.79. The minimum atomic E-state index is 0.0855. The zero-order valence-electron chi connectivity index (χ0n) is 13.7. The van der Waals surface area contributed by atoms with Gasteiger partial charge in [-0.1, -0.05) is 78.9 Å². The number of carbonyl (C=O) groups is 1. The molecule has 0 aliphatic rings. The van der Waals surface area contributed by atoms with Crippen molar-refractivity contribution in [2.45, 2.75) is 6.42 Å². The van der Waals surface area contributed by atoms with Crippen LogP contribution in [0.3, 0.4) is 0 Å². The maximum absolute atomic E-state index is 12.6. The van der Waals surface area contributed by atoms with Crippen LogP contribution in [-0.4, -0.2) is 10.8 Å². The van der Waals surface area contributed by atoms with E-state index in [9.17, 15) is 4.79 Å². The molecule has 0 spiro atoms. The molecule has 0 saturated carbocycles. The topological polar surface area (TPSA) is 30.0 Å². The molecule has 4 rings (SSSR count). The Morgan fingerprint density at radius 3 is 2.16 bits per heavy atom. The standard InChI is InChI=1S/C23H17NO/c25-23(18-11-5-2-6-12-18)16-19-15-21(17-9-3-1-4-10-17)20-13-7-8-14-22(20)24-19/h1-15H,16H2. The second kappa shape index (κ2) is 6.70. The van der Waals surface area contributed by atoms with Crippen molar-refractivity contribution in [1.29, 1.82) is 0 Å². The number of nitrogens with zero attached hydrogens (tertiary/aromatic N) is 1. The number of ketones is 1. The number of hydrogen-bond acceptors (Lipinski definition) is 2. The van der Waals surface area contributed by atoms with Gasteiger partial charge >= 0.3 is 0 Å². The molecule has 0 fully saturated rings. The molecule has 2 nitrogen and oxygen atoms in total. The Hall–Kier alpha value is -3.26. The summed E-state index contributed by atoms with van der Waals surface area (Å²) in [6, 6.07) is 29.7. The van der Waals surface area contributed by atoms with Crippen molar-refractivity contribution in [1.82, 2.24) is 4.98 Å². The summed E-state index contributed by atoms with van der Waals surface area (Å²) in [5, 5.41) is 1.10. The number of carbonyl (C=O) groups excluding carboxylic acids is 1. The summed E-state index contributed by atoms with van der Waals surface area (Å²) in [6.07, 6.45) is 0.300. The van der Waals surface area contributed by atoms with E-state index in [0.717, 1.165) is 33.3 Å². The number of aromatic nitrogens is 1. The van der Waals surface area contributed by atoms with Crippen molar-refractivity contribution < 1.29 is 4.79 Å². The van der Waals surface area contributed by atoms with Gasteiger partial charge in [0.05, 0.1) is 11.9 Å². The molecule has 1 heterocycles. The summed E-state index contributed by atoms with van der Waals surface area (Å²) >= 11 is 0. The molecule has 0 bridgehead atoms. The Labute approximate surface area is 146 Å². The average molecular weight is 323 g/mol. The molecule has 0 amide bonds. The Morgan fingerprint density at radius 1 is 0.760 bits per heavy atom. The van der Waals surface area contributed by atoms with E-state index in [2.05, 4.69) is 18.2 Å². The molecule has 2 heteroatoms. The van der Waals surface area contributed by atoms with Crippen LogP contribution in [-0.2, 0) is 6.42 Å². The maximum atomic E-state index is 12.6. The summed E-state index contributed by atoms with van der Waals surface area (Å²) in [4.78, 5) is 17.3. The zero-order chi connectivity index (χ0) is 17.1. The van der Waals surface area contributed by atoms with Crippen LogP contribution in [0, 0.1) is 0 Å². The van der Waals surface area contributed by atoms with Gasteiger partial charge in [-0.15, -0.1) is 0 Å². The quantitative estimate of drug-likeness (QED) is 0.475. The van der Waals surface area contributed by atoms with Gasteiger partial charge in [0.25, 0.3) is 0 Å². The van der Waals surface area contributed by atoms with Gasteiger partial charge in [-0.3, -0.25) is 9.78 Å². The molecular weight excluding hydrogens is 306 g/mol. The Bertz CT molecular complexity index is 1020. The first kappa shape index (κ1) is 15.3. The molecule has 0 aliphatic carbocycles. The second-order valence-corrected chi connectivity index (χ2v) is 6.01. The van der Waals surface area contributed by atoms with Gasteiger partial charge in [0.1, 0.15) is 0 Å². The van der Waals surface area contributed by atoms with Crippen LogP contribution in [0.25, 0.3) is 22.0 Å². The van der Waals surface area contributed by atoms with E-state index in [0.29, 0.717) is 6.42 Å². The van der Waals surface area contributed by atoms with Crippen LogP contribution >= 0.6 is 0 Å². The van der Waals surface area contributed by atoms with Crippen LogP contribution in [0.4, 0.5) is 0 Å². The van der Waals surface area contributed by atoms with Gasteiger partial charge in [-0.05, 0) is 23.3 Å². The van der Waals surface area contributed by atoms with Crippen molar-refractivity contribution in [2.24, 2.45) is 0 Å². The fourth-order valence-electron chi connectivity index (χ4n) is 3.07. The summed E-state index contributed by atoms with van der Waals surface area (Å²) in [5.41, 5.74) is 4.68. The van der Waals surface area contributed by atoms with Crippen molar-refractivity contribution >= 4 is 16.7 Å². The molecule has 0 saturated heterocycles. The van der Waals surface area contributed by atoms with E-state index in [4.69, 9.17) is 4.98 Å². The Kier molecular flexibility index (Phi) is 4.09. The van der Waals surface area contributed by atoms with Crippen LogP contribution in [0.1, 0.15) is 16.1 Å². The average Bonchev–Trinajstić information content (AvgIpc) is 2.68. The number of para-hydroxylation sites is 1. The van der Waals surface area contributed by atoms with Crippen molar-refractivity contribution in [3.05, 3.63) is 102 Å². The lowest BCUT2D eigenvalue weighted by Gasteiger charge is -2.10. The van der Waals surface area contributed by atoms with Crippen LogP contribution in [0.15, 0.2) is 91.0 Å². The lowest BCUT2D eigenvalue weighted by atomic mass is 9.98. The third-order valence-corrected chi connectivity index (χ3v) is 4.29. The van der Waals surface area contributed by atoms with Gasteiger partial charge in [0, 0.05) is 16.6 Å². The first-order chi connectivity index (χ1) is 12.3. The monoisotopic (exact) mass is 323 g/mol. The third kappa shape index (κ3) is 3.20. The fraction of sp³-hybridized carbons (Fsp3) is 0.0435. The van der Waals surface area contributed by atoms with Crippen LogP contribution < -0.4 is 0 Å². The molecule has 0 N–H and O–H groups in total. The van der Waals surface area contributed by atoms with Gasteiger partial charge in [-0.25, -0.2) is 0 Å². The Morgan fingerprint density at radius 2 is 1.40 bits per heavy atom. The van der Waals surface area contributed by atoms with Crippen LogP contribution in [0.2, 0.25) is 0 Å². The molecule has 4 aromatic rings. The second-order valence-electron chi connectivity index (χ2n) is 6.01. The number of benzene rings is 3. The molecule has 0 aliphatic heterocycles. The molecule has 3 aromatic carbocycles. The lowest BCUT2D eigenvalue weighted by molar-refractivity contribution is 0.0992. The summed E-state index contributed by atoms with van der Waals surface area (Å²) in [7, 11) is 0. The maximum Gasteiger partial charge on any atom is 0.168 e. The fourth-order valence-corrected chi connectivity index (χ4v) is 3.07. The molecule has 120 valence electrons. The highest BCUT2D eigenvalue weighted by Gasteiger charge is 2.12. The summed E-state index contributed by atoms with van der Waals surface area (Å²) < 4.78 is 0. The molecule has 0 atom stereocenters. The number of Topliss-reactive ketones (excluding diaryl/α,β-unsaturated/α-hetero) is 1. The lowest BCUT2D eigenvalue weighted by Crippen LogP contribution is -2.05. The highest BCUT2D eigenvalue weighted by molar-refractivity contribution is 5.99. The number of rotatable bonds is 4. The smallest absolute Gasteiger partial charge is 0.168 e. The molecule has 1 aromatic heterocycles. The van der Waals surface area contributed by atoms with E-state index < -0.39 is 0 Å². The van der Waals surface area contributed by atoms with E-state index in [1.165, 1.54) is 0 Å². The largest absolute Gasteiger partial charge is 0.294 e. The SMILES string of the molecule is O=C(Cc1cc(-c2ccccc2)c2ccccc2n1)c1ccccc1.